The number of nitrogens with one attached hydrogen (secondary N) is 1. The van der Waals surface area contributed by atoms with Crippen molar-refractivity contribution in [2.75, 3.05) is 11.9 Å². The molecule has 0 radical (unpaired) electrons. The highest BCUT2D eigenvalue weighted by Crippen LogP contribution is 2.22. The van der Waals surface area contributed by atoms with Crippen molar-refractivity contribution < 1.29 is 4.39 Å². The molecule has 0 aliphatic heterocycles. The minimum Gasteiger partial charge on any atom is -0.385 e. The highest BCUT2D eigenvalue weighted by Gasteiger charge is 1.99. The van der Waals surface area contributed by atoms with Crippen LogP contribution in [0.2, 0.25) is 0 Å². The van der Waals surface area contributed by atoms with Crippen molar-refractivity contribution in [2.24, 2.45) is 0 Å². The molecule has 0 saturated heterocycles. The van der Waals surface area contributed by atoms with Crippen molar-refractivity contribution in [3.8, 4) is 0 Å². The first-order chi connectivity index (χ1) is 8.78. The molecule has 1 aromatic heterocycles. The first-order valence-electron chi connectivity index (χ1n) is 5.85. The van der Waals surface area contributed by atoms with Gasteiger partial charge in [-0.3, -0.25) is 4.98 Å². The van der Waals surface area contributed by atoms with Crippen LogP contribution < -0.4 is 5.32 Å². The summed E-state index contributed by atoms with van der Waals surface area (Å²) in [6, 6.07) is 10.5. The molecular weight excluding hydrogens is 247 g/mol. The van der Waals surface area contributed by atoms with Crippen molar-refractivity contribution in [1.29, 1.82) is 0 Å². The molecule has 0 amide bonds. The molecule has 0 atom stereocenters. The van der Waals surface area contributed by atoms with Gasteiger partial charge in [0.1, 0.15) is 5.82 Å². The Morgan fingerprint density at radius 1 is 1.22 bits per heavy atom. The van der Waals surface area contributed by atoms with Gasteiger partial charge in [0.2, 0.25) is 0 Å². The number of hydrogen-bond acceptors (Lipinski definition) is 3. The van der Waals surface area contributed by atoms with Gasteiger partial charge in [-0.25, -0.2) is 4.39 Å². The summed E-state index contributed by atoms with van der Waals surface area (Å²) in [6.07, 6.45) is 1.80. The van der Waals surface area contributed by atoms with E-state index < -0.39 is 0 Å². The summed E-state index contributed by atoms with van der Waals surface area (Å²) < 4.78 is 12.8. The molecule has 0 spiro atoms. The van der Waals surface area contributed by atoms with Gasteiger partial charge < -0.3 is 5.32 Å². The third-order valence-corrected chi connectivity index (χ3v) is 3.44. The van der Waals surface area contributed by atoms with Crippen LogP contribution in [0, 0.1) is 5.82 Å². The molecule has 1 N–H and O–H groups in total. The number of anilines is 1. The van der Waals surface area contributed by atoms with E-state index in [0.29, 0.717) is 0 Å². The molecule has 2 nitrogen and oxygen atoms in total. The van der Waals surface area contributed by atoms with E-state index in [4.69, 9.17) is 0 Å². The predicted octanol–water partition coefficient (Wildman–Crippen LogP) is 3.94. The molecule has 2 aromatic rings. The summed E-state index contributed by atoms with van der Waals surface area (Å²) >= 11 is 1.65. The number of rotatable bonds is 5. The molecule has 4 heteroatoms. The lowest BCUT2D eigenvalue weighted by atomic mass is 10.3. The van der Waals surface area contributed by atoms with Crippen LogP contribution in [0.1, 0.15) is 12.6 Å². The van der Waals surface area contributed by atoms with Gasteiger partial charge in [-0.05, 0) is 43.3 Å². The van der Waals surface area contributed by atoms with Gasteiger partial charge in [-0.2, -0.15) is 0 Å². The van der Waals surface area contributed by atoms with Gasteiger partial charge >= 0.3 is 0 Å². The molecule has 0 saturated carbocycles. The Balaban J connectivity index is 1.97. The van der Waals surface area contributed by atoms with Gasteiger partial charge in [0.05, 0.1) is 5.69 Å². The first kappa shape index (κ1) is 12.9. The fourth-order valence-electron chi connectivity index (χ4n) is 1.56. The molecule has 0 unspecified atom stereocenters. The average molecular weight is 262 g/mol. The molecule has 18 heavy (non-hydrogen) atoms. The maximum absolute atomic E-state index is 12.8. The van der Waals surface area contributed by atoms with Crippen LogP contribution in [0.5, 0.6) is 0 Å². The topological polar surface area (TPSA) is 24.9 Å². The summed E-state index contributed by atoms with van der Waals surface area (Å²) in [5.41, 5.74) is 2.10. The first-order valence-corrected chi connectivity index (χ1v) is 6.83. The van der Waals surface area contributed by atoms with Gasteiger partial charge in [0, 0.05) is 29.1 Å². The number of thioether (sulfide) groups is 1. The maximum Gasteiger partial charge on any atom is 0.123 e. The van der Waals surface area contributed by atoms with E-state index >= 15 is 0 Å². The zero-order chi connectivity index (χ0) is 12.8. The minimum absolute atomic E-state index is 0.202. The zero-order valence-corrected chi connectivity index (χ0v) is 11.0. The third kappa shape index (κ3) is 3.74. The van der Waals surface area contributed by atoms with Gasteiger partial charge in [-0.15, -0.1) is 11.8 Å². The molecular formula is C14H15FN2S. The number of benzene rings is 1. The normalized spacial score (nSPS) is 10.3. The van der Waals surface area contributed by atoms with E-state index in [2.05, 4.69) is 17.2 Å². The van der Waals surface area contributed by atoms with Crippen molar-refractivity contribution in [3.05, 3.63) is 54.1 Å². The van der Waals surface area contributed by atoms with E-state index in [9.17, 15) is 4.39 Å². The number of hydrogen-bond donors (Lipinski definition) is 1. The quantitative estimate of drug-likeness (QED) is 0.826. The van der Waals surface area contributed by atoms with E-state index in [1.807, 2.05) is 12.1 Å². The molecule has 1 aromatic carbocycles. The Hall–Kier alpha value is -1.55. The predicted molar refractivity (Wildman–Crippen MR) is 74.4 cm³/mol. The van der Waals surface area contributed by atoms with Crippen LogP contribution in [0.3, 0.4) is 0 Å². The fraction of sp³-hybridized carbons (Fsp3) is 0.214. The van der Waals surface area contributed by atoms with E-state index in [0.717, 1.165) is 28.6 Å². The zero-order valence-electron chi connectivity index (χ0n) is 10.2. The third-order valence-electron chi connectivity index (χ3n) is 2.40. The van der Waals surface area contributed by atoms with E-state index in [-0.39, 0.29) is 5.82 Å². The van der Waals surface area contributed by atoms with Gasteiger partial charge in [-0.1, -0.05) is 0 Å². The Morgan fingerprint density at radius 3 is 2.72 bits per heavy atom. The molecule has 2 rings (SSSR count). The molecule has 0 aliphatic rings. The van der Waals surface area contributed by atoms with Crippen molar-refractivity contribution in [1.82, 2.24) is 4.98 Å². The molecule has 94 valence electrons. The monoisotopic (exact) mass is 262 g/mol. The lowest BCUT2D eigenvalue weighted by Crippen LogP contribution is -1.97. The van der Waals surface area contributed by atoms with Crippen molar-refractivity contribution >= 4 is 17.4 Å². The number of aromatic nitrogens is 1. The fourth-order valence-corrected chi connectivity index (χ4v) is 2.36. The lowest BCUT2D eigenvalue weighted by molar-refractivity contribution is 0.626. The Kier molecular flexibility index (Phi) is 4.59. The lowest BCUT2D eigenvalue weighted by Gasteiger charge is -2.05. The maximum atomic E-state index is 12.8. The standard InChI is InChI=1S/C14H15FN2S/c1-2-16-12-7-8-17-13(9-12)10-18-14-5-3-11(15)4-6-14/h3-9H,2,10H2,1H3,(H,16,17). The summed E-state index contributed by atoms with van der Waals surface area (Å²) in [5, 5.41) is 3.25. The second-order valence-electron chi connectivity index (χ2n) is 3.81. The van der Waals surface area contributed by atoms with Crippen molar-refractivity contribution in [2.45, 2.75) is 17.6 Å². The Labute approximate surface area is 111 Å². The Bertz CT molecular complexity index is 499. The SMILES string of the molecule is CCNc1ccnc(CSc2ccc(F)cc2)c1. The van der Waals surface area contributed by atoms with Gasteiger partial charge in [0.25, 0.3) is 0 Å². The molecule has 0 fully saturated rings. The number of pyridine rings is 1. The minimum atomic E-state index is -0.202. The number of nitrogens with zero attached hydrogens (tertiary/aromatic N) is 1. The highest BCUT2D eigenvalue weighted by atomic mass is 32.2. The largest absolute Gasteiger partial charge is 0.385 e. The smallest absolute Gasteiger partial charge is 0.123 e. The second-order valence-corrected chi connectivity index (χ2v) is 4.86. The van der Waals surface area contributed by atoms with Crippen LogP contribution in [0.25, 0.3) is 0 Å². The average Bonchev–Trinajstić information content (AvgIpc) is 2.39. The van der Waals surface area contributed by atoms with Crippen LogP contribution >= 0.6 is 11.8 Å². The highest BCUT2D eigenvalue weighted by molar-refractivity contribution is 7.98. The summed E-state index contributed by atoms with van der Waals surface area (Å²) in [5.74, 6) is 0.580. The van der Waals surface area contributed by atoms with Crippen LogP contribution in [-0.4, -0.2) is 11.5 Å². The Morgan fingerprint density at radius 2 is 2.00 bits per heavy atom. The number of halogens is 1. The van der Waals surface area contributed by atoms with E-state index in [1.54, 1.807) is 30.1 Å². The van der Waals surface area contributed by atoms with Crippen LogP contribution in [0.4, 0.5) is 10.1 Å². The van der Waals surface area contributed by atoms with Gasteiger partial charge in [0.15, 0.2) is 0 Å². The summed E-state index contributed by atoms with van der Waals surface area (Å²) in [4.78, 5) is 5.37. The summed E-state index contributed by atoms with van der Waals surface area (Å²) in [6.45, 7) is 2.96. The second kappa shape index (κ2) is 6.40. The molecule has 0 aliphatic carbocycles. The molecule has 0 bridgehead atoms. The molecule has 1 heterocycles. The van der Waals surface area contributed by atoms with E-state index in [1.165, 1.54) is 12.1 Å². The summed E-state index contributed by atoms with van der Waals surface area (Å²) in [7, 11) is 0. The van der Waals surface area contributed by atoms with Crippen LogP contribution in [0.15, 0.2) is 47.5 Å². The van der Waals surface area contributed by atoms with Crippen molar-refractivity contribution in [3.63, 3.8) is 0 Å². The van der Waals surface area contributed by atoms with Crippen LogP contribution in [-0.2, 0) is 5.75 Å².